The molecule has 136 valence electrons. The number of hydrogen-bond donors (Lipinski definition) is 1. The average molecular weight is 352 g/mol. The van der Waals surface area contributed by atoms with Gasteiger partial charge >= 0.3 is 0 Å². The van der Waals surface area contributed by atoms with Crippen LogP contribution in [-0.4, -0.2) is 31.1 Å². The van der Waals surface area contributed by atoms with Crippen LogP contribution in [0.3, 0.4) is 0 Å². The van der Waals surface area contributed by atoms with Crippen molar-refractivity contribution in [2.45, 2.75) is 19.5 Å². The number of hydrogen-bond acceptors (Lipinski definition) is 4. The lowest BCUT2D eigenvalue weighted by Gasteiger charge is -2.38. The van der Waals surface area contributed by atoms with Gasteiger partial charge in [0, 0.05) is 12.2 Å². The zero-order valence-electron chi connectivity index (χ0n) is 15.2. The van der Waals surface area contributed by atoms with E-state index in [0.717, 1.165) is 17.7 Å². The molecule has 2 aromatic rings. The summed E-state index contributed by atoms with van der Waals surface area (Å²) >= 11 is 0. The summed E-state index contributed by atoms with van der Waals surface area (Å²) in [6, 6.07) is 13.4. The SMILES string of the molecule is C=CCOc1ccc([C@@H]2Nc3ccccc3C(=O)N2CCC)cc1OC. The molecule has 5 nitrogen and oxygen atoms in total. The van der Waals surface area contributed by atoms with E-state index in [1.54, 1.807) is 13.2 Å². The maximum absolute atomic E-state index is 13.0. The zero-order valence-corrected chi connectivity index (χ0v) is 15.2. The van der Waals surface area contributed by atoms with E-state index in [1.807, 2.05) is 47.4 Å². The molecule has 0 unspecified atom stereocenters. The van der Waals surface area contributed by atoms with E-state index in [2.05, 4.69) is 18.8 Å². The van der Waals surface area contributed by atoms with Crippen LogP contribution in [0.5, 0.6) is 11.5 Å². The summed E-state index contributed by atoms with van der Waals surface area (Å²) in [5, 5.41) is 3.49. The van der Waals surface area contributed by atoms with Crippen molar-refractivity contribution in [1.29, 1.82) is 0 Å². The summed E-state index contributed by atoms with van der Waals surface area (Å²) in [6.45, 7) is 6.81. The van der Waals surface area contributed by atoms with E-state index in [0.29, 0.717) is 30.2 Å². The number of methoxy groups -OCH3 is 1. The second-order valence-electron chi connectivity index (χ2n) is 6.10. The van der Waals surface area contributed by atoms with Gasteiger partial charge in [-0.2, -0.15) is 0 Å². The minimum atomic E-state index is -0.250. The highest BCUT2D eigenvalue weighted by Gasteiger charge is 2.32. The number of carbonyl (C=O) groups is 1. The number of anilines is 1. The lowest BCUT2D eigenvalue weighted by Crippen LogP contribution is -2.43. The number of fused-ring (bicyclic) bond motifs is 1. The molecule has 0 spiro atoms. The molecule has 1 heterocycles. The Hall–Kier alpha value is -2.95. The van der Waals surface area contributed by atoms with Gasteiger partial charge in [0.05, 0.1) is 12.7 Å². The Morgan fingerprint density at radius 2 is 2.04 bits per heavy atom. The molecule has 3 rings (SSSR count). The molecule has 0 aromatic heterocycles. The second kappa shape index (κ2) is 7.95. The summed E-state index contributed by atoms with van der Waals surface area (Å²) < 4.78 is 11.1. The summed E-state index contributed by atoms with van der Waals surface area (Å²) in [5.74, 6) is 1.33. The first-order valence-corrected chi connectivity index (χ1v) is 8.77. The number of carbonyl (C=O) groups excluding carboxylic acids is 1. The van der Waals surface area contributed by atoms with Gasteiger partial charge in [0.2, 0.25) is 0 Å². The number of para-hydroxylation sites is 1. The van der Waals surface area contributed by atoms with Crippen LogP contribution in [0.4, 0.5) is 5.69 Å². The van der Waals surface area contributed by atoms with Crippen molar-refractivity contribution in [1.82, 2.24) is 4.90 Å². The van der Waals surface area contributed by atoms with Gasteiger partial charge in [-0.1, -0.05) is 37.8 Å². The minimum absolute atomic E-state index is 0.0390. The topological polar surface area (TPSA) is 50.8 Å². The van der Waals surface area contributed by atoms with E-state index in [4.69, 9.17) is 9.47 Å². The van der Waals surface area contributed by atoms with Crippen LogP contribution in [0.15, 0.2) is 55.1 Å². The average Bonchev–Trinajstić information content (AvgIpc) is 2.68. The Morgan fingerprint density at radius 1 is 1.23 bits per heavy atom. The smallest absolute Gasteiger partial charge is 0.257 e. The Morgan fingerprint density at radius 3 is 2.77 bits per heavy atom. The summed E-state index contributed by atoms with van der Waals surface area (Å²) in [5.41, 5.74) is 2.50. The number of amides is 1. The van der Waals surface area contributed by atoms with E-state index in [1.165, 1.54) is 0 Å². The quantitative estimate of drug-likeness (QED) is 0.758. The van der Waals surface area contributed by atoms with Crippen molar-refractivity contribution >= 4 is 11.6 Å². The van der Waals surface area contributed by atoms with Gasteiger partial charge in [0.15, 0.2) is 11.5 Å². The van der Waals surface area contributed by atoms with Crippen molar-refractivity contribution in [3.63, 3.8) is 0 Å². The van der Waals surface area contributed by atoms with E-state index in [9.17, 15) is 4.79 Å². The number of nitrogens with one attached hydrogen (secondary N) is 1. The first-order chi connectivity index (χ1) is 12.7. The van der Waals surface area contributed by atoms with Gasteiger partial charge in [0.25, 0.3) is 5.91 Å². The predicted molar refractivity (Wildman–Crippen MR) is 103 cm³/mol. The number of benzene rings is 2. The molecule has 0 radical (unpaired) electrons. The molecular weight excluding hydrogens is 328 g/mol. The van der Waals surface area contributed by atoms with Crippen LogP contribution in [-0.2, 0) is 0 Å². The van der Waals surface area contributed by atoms with E-state index in [-0.39, 0.29) is 12.1 Å². The molecule has 0 saturated carbocycles. The fourth-order valence-corrected chi connectivity index (χ4v) is 3.15. The molecule has 0 saturated heterocycles. The van der Waals surface area contributed by atoms with E-state index < -0.39 is 0 Å². The first kappa shape index (κ1) is 17.9. The molecule has 1 amide bonds. The van der Waals surface area contributed by atoms with Crippen LogP contribution in [0, 0.1) is 0 Å². The largest absolute Gasteiger partial charge is 0.493 e. The molecule has 2 aromatic carbocycles. The summed E-state index contributed by atoms with van der Waals surface area (Å²) in [7, 11) is 1.61. The van der Waals surface area contributed by atoms with Crippen LogP contribution >= 0.6 is 0 Å². The highest BCUT2D eigenvalue weighted by atomic mass is 16.5. The fraction of sp³-hybridized carbons (Fsp3) is 0.286. The lowest BCUT2D eigenvalue weighted by atomic mass is 10.0. The molecular formula is C21H24N2O3. The summed E-state index contributed by atoms with van der Waals surface area (Å²) in [6.07, 6.45) is 2.32. The third-order valence-corrected chi connectivity index (χ3v) is 4.35. The van der Waals surface area contributed by atoms with Gasteiger partial charge in [-0.3, -0.25) is 4.79 Å². The molecule has 0 aliphatic carbocycles. The van der Waals surface area contributed by atoms with Gasteiger partial charge in [-0.05, 0) is 36.2 Å². The van der Waals surface area contributed by atoms with Crippen molar-refractivity contribution in [2.75, 3.05) is 25.6 Å². The Labute approximate surface area is 154 Å². The third-order valence-electron chi connectivity index (χ3n) is 4.35. The minimum Gasteiger partial charge on any atom is -0.493 e. The van der Waals surface area contributed by atoms with Crippen LogP contribution < -0.4 is 14.8 Å². The third kappa shape index (κ3) is 3.38. The first-order valence-electron chi connectivity index (χ1n) is 8.77. The van der Waals surface area contributed by atoms with Crippen LogP contribution in [0.1, 0.15) is 35.4 Å². The van der Waals surface area contributed by atoms with Gasteiger partial charge in [0.1, 0.15) is 12.8 Å². The number of rotatable bonds is 7. The van der Waals surface area contributed by atoms with Crippen LogP contribution in [0.25, 0.3) is 0 Å². The lowest BCUT2D eigenvalue weighted by molar-refractivity contribution is 0.0683. The van der Waals surface area contributed by atoms with Gasteiger partial charge in [-0.25, -0.2) is 0 Å². The highest BCUT2D eigenvalue weighted by Crippen LogP contribution is 2.36. The zero-order chi connectivity index (χ0) is 18.5. The fourth-order valence-electron chi connectivity index (χ4n) is 3.15. The molecule has 0 fully saturated rings. The van der Waals surface area contributed by atoms with Gasteiger partial charge < -0.3 is 19.7 Å². The van der Waals surface area contributed by atoms with E-state index >= 15 is 0 Å². The molecule has 1 N–H and O–H groups in total. The standard InChI is InChI=1S/C21H24N2O3/c1-4-12-23-20(22-17-9-7-6-8-16(17)21(23)24)15-10-11-18(26-13-5-2)19(14-15)25-3/h5-11,14,20,22H,2,4,12-13H2,1,3H3/t20-/m1/s1. The molecule has 0 bridgehead atoms. The second-order valence-corrected chi connectivity index (χ2v) is 6.10. The predicted octanol–water partition coefficient (Wildman–Crippen LogP) is 4.24. The maximum atomic E-state index is 13.0. The molecule has 1 atom stereocenters. The Bertz CT molecular complexity index is 804. The van der Waals surface area contributed by atoms with Crippen LogP contribution in [0.2, 0.25) is 0 Å². The van der Waals surface area contributed by atoms with Crippen molar-refractivity contribution < 1.29 is 14.3 Å². The summed E-state index contributed by atoms with van der Waals surface area (Å²) in [4.78, 5) is 14.8. The number of nitrogens with zero attached hydrogens (tertiary/aromatic N) is 1. The maximum Gasteiger partial charge on any atom is 0.257 e. The van der Waals surface area contributed by atoms with Crippen molar-refractivity contribution in [3.8, 4) is 11.5 Å². The molecule has 1 aliphatic heterocycles. The monoisotopic (exact) mass is 352 g/mol. The van der Waals surface area contributed by atoms with Crippen molar-refractivity contribution in [3.05, 3.63) is 66.2 Å². The molecule has 5 heteroatoms. The van der Waals surface area contributed by atoms with Crippen molar-refractivity contribution in [2.24, 2.45) is 0 Å². The molecule has 26 heavy (non-hydrogen) atoms. The Kier molecular flexibility index (Phi) is 5.46. The Balaban J connectivity index is 1.98. The highest BCUT2D eigenvalue weighted by molar-refractivity contribution is 6.01. The molecule has 1 aliphatic rings. The number of ether oxygens (including phenoxy) is 2. The normalized spacial score (nSPS) is 15.8. The van der Waals surface area contributed by atoms with Gasteiger partial charge in [-0.15, -0.1) is 0 Å².